The fourth-order valence-corrected chi connectivity index (χ4v) is 1.69. The van der Waals surface area contributed by atoms with Crippen molar-refractivity contribution in [1.82, 2.24) is 4.98 Å². The maximum absolute atomic E-state index is 13.4. The van der Waals surface area contributed by atoms with E-state index in [1.54, 1.807) is 12.1 Å². The summed E-state index contributed by atoms with van der Waals surface area (Å²) in [6.45, 7) is 1.85. The number of hydrogen-bond donors (Lipinski definition) is 0. The third-order valence-corrected chi connectivity index (χ3v) is 2.52. The average Bonchev–Trinajstić information content (AvgIpc) is 2.25. The Morgan fingerprint density at radius 1 is 1.24 bits per heavy atom. The highest BCUT2D eigenvalue weighted by Gasteiger charge is 2.12. The van der Waals surface area contributed by atoms with Gasteiger partial charge in [-0.1, -0.05) is 15.9 Å². The lowest BCUT2D eigenvalue weighted by atomic mass is 10.3. The summed E-state index contributed by atoms with van der Waals surface area (Å²) in [5.41, 5.74) is 0.922. The first-order valence-electron chi connectivity index (χ1n) is 4.81. The molecule has 0 fully saturated rings. The van der Waals surface area contributed by atoms with Crippen LogP contribution >= 0.6 is 15.9 Å². The zero-order valence-corrected chi connectivity index (χ0v) is 10.5. The highest BCUT2D eigenvalue weighted by Crippen LogP contribution is 2.28. The predicted molar refractivity (Wildman–Crippen MR) is 63.1 cm³/mol. The maximum atomic E-state index is 13.4. The molecular weight excluding hydrogens is 292 g/mol. The molecule has 0 aliphatic rings. The average molecular weight is 300 g/mol. The van der Waals surface area contributed by atoms with Gasteiger partial charge in [-0.15, -0.1) is 0 Å². The molecule has 0 saturated heterocycles. The van der Waals surface area contributed by atoms with Gasteiger partial charge in [0.2, 0.25) is 11.7 Å². The van der Waals surface area contributed by atoms with E-state index in [1.807, 2.05) is 6.92 Å². The lowest BCUT2D eigenvalue weighted by Gasteiger charge is -2.07. The van der Waals surface area contributed by atoms with Gasteiger partial charge in [0.15, 0.2) is 11.6 Å². The number of aromatic nitrogens is 1. The number of benzene rings is 1. The van der Waals surface area contributed by atoms with Gasteiger partial charge in [0, 0.05) is 16.7 Å². The Kier molecular flexibility index (Phi) is 3.38. The molecule has 0 bridgehead atoms. The van der Waals surface area contributed by atoms with Crippen LogP contribution in [0.25, 0.3) is 0 Å². The minimum Gasteiger partial charge on any atom is -0.436 e. The highest BCUT2D eigenvalue weighted by molar-refractivity contribution is 9.10. The zero-order valence-electron chi connectivity index (χ0n) is 8.88. The molecule has 0 radical (unpaired) electrons. The van der Waals surface area contributed by atoms with E-state index >= 15 is 0 Å². The SMILES string of the molecule is Cc1ccnc(Oc2cc(Br)cc(F)c2F)c1. The first kappa shape index (κ1) is 12.0. The molecule has 0 atom stereocenters. The van der Waals surface area contributed by atoms with Crippen LogP contribution in [-0.4, -0.2) is 4.98 Å². The fourth-order valence-electron chi connectivity index (χ4n) is 1.28. The van der Waals surface area contributed by atoms with Crippen LogP contribution in [0, 0.1) is 18.6 Å². The van der Waals surface area contributed by atoms with E-state index in [-0.39, 0.29) is 11.6 Å². The second-order valence-electron chi connectivity index (χ2n) is 3.47. The van der Waals surface area contributed by atoms with Crippen LogP contribution in [0.2, 0.25) is 0 Å². The van der Waals surface area contributed by atoms with Crippen molar-refractivity contribution in [3.05, 3.63) is 52.1 Å². The van der Waals surface area contributed by atoms with Crippen molar-refractivity contribution >= 4 is 15.9 Å². The molecule has 1 aromatic heterocycles. The Hall–Kier alpha value is -1.49. The van der Waals surface area contributed by atoms with Crippen molar-refractivity contribution in [1.29, 1.82) is 0 Å². The molecule has 2 rings (SSSR count). The topological polar surface area (TPSA) is 22.1 Å². The number of halogens is 3. The van der Waals surface area contributed by atoms with Crippen molar-refractivity contribution in [2.75, 3.05) is 0 Å². The Balaban J connectivity index is 2.36. The van der Waals surface area contributed by atoms with Crippen LogP contribution in [-0.2, 0) is 0 Å². The minimum atomic E-state index is -1.03. The lowest BCUT2D eigenvalue weighted by Crippen LogP contribution is -1.94. The summed E-state index contributed by atoms with van der Waals surface area (Å²) in [7, 11) is 0. The minimum absolute atomic E-state index is 0.199. The van der Waals surface area contributed by atoms with Crippen LogP contribution in [0.3, 0.4) is 0 Å². The van der Waals surface area contributed by atoms with Gasteiger partial charge in [-0.3, -0.25) is 0 Å². The first-order valence-corrected chi connectivity index (χ1v) is 5.60. The summed E-state index contributed by atoms with van der Waals surface area (Å²) >= 11 is 3.07. The van der Waals surface area contributed by atoms with E-state index in [2.05, 4.69) is 20.9 Å². The van der Waals surface area contributed by atoms with Crippen molar-refractivity contribution in [2.45, 2.75) is 6.92 Å². The molecule has 0 aliphatic heterocycles. The maximum Gasteiger partial charge on any atom is 0.219 e. The standard InChI is InChI=1S/C12H8BrF2NO/c1-7-2-3-16-11(4-7)17-10-6-8(13)5-9(14)12(10)15/h2-6H,1H3. The monoisotopic (exact) mass is 299 g/mol. The molecule has 2 aromatic rings. The normalized spacial score (nSPS) is 10.4. The summed E-state index contributed by atoms with van der Waals surface area (Å²) in [6.07, 6.45) is 1.54. The van der Waals surface area contributed by atoms with E-state index in [1.165, 1.54) is 12.3 Å². The molecule has 0 amide bonds. The molecule has 0 spiro atoms. The van der Waals surface area contributed by atoms with Crippen molar-refractivity contribution in [2.24, 2.45) is 0 Å². The van der Waals surface area contributed by atoms with E-state index in [0.29, 0.717) is 4.47 Å². The van der Waals surface area contributed by atoms with Crippen LogP contribution in [0.5, 0.6) is 11.6 Å². The van der Waals surface area contributed by atoms with Crippen LogP contribution in [0.1, 0.15) is 5.56 Å². The second-order valence-corrected chi connectivity index (χ2v) is 4.39. The zero-order chi connectivity index (χ0) is 12.4. The molecule has 5 heteroatoms. The van der Waals surface area contributed by atoms with Gasteiger partial charge < -0.3 is 4.74 Å². The molecule has 1 aromatic carbocycles. The quantitative estimate of drug-likeness (QED) is 0.775. The summed E-state index contributed by atoms with van der Waals surface area (Å²) in [6, 6.07) is 5.80. The van der Waals surface area contributed by atoms with E-state index in [0.717, 1.165) is 11.6 Å². The highest BCUT2D eigenvalue weighted by atomic mass is 79.9. The Morgan fingerprint density at radius 3 is 2.71 bits per heavy atom. The first-order chi connectivity index (χ1) is 8.06. The fraction of sp³-hybridized carbons (Fsp3) is 0.0833. The molecule has 0 unspecified atom stereocenters. The molecule has 17 heavy (non-hydrogen) atoms. The number of ether oxygens (including phenoxy) is 1. The number of nitrogens with zero attached hydrogens (tertiary/aromatic N) is 1. The largest absolute Gasteiger partial charge is 0.436 e. The Bertz CT molecular complexity index is 560. The van der Waals surface area contributed by atoms with Crippen LogP contribution < -0.4 is 4.74 Å². The van der Waals surface area contributed by atoms with Crippen molar-refractivity contribution in [3.63, 3.8) is 0 Å². The van der Waals surface area contributed by atoms with Crippen LogP contribution in [0.15, 0.2) is 34.9 Å². The smallest absolute Gasteiger partial charge is 0.219 e. The van der Waals surface area contributed by atoms with Gasteiger partial charge >= 0.3 is 0 Å². The number of pyridine rings is 1. The van der Waals surface area contributed by atoms with Gasteiger partial charge in [-0.05, 0) is 30.7 Å². The molecule has 0 N–H and O–H groups in total. The van der Waals surface area contributed by atoms with Crippen LogP contribution in [0.4, 0.5) is 8.78 Å². The van der Waals surface area contributed by atoms with Gasteiger partial charge in [0.1, 0.15) is 0 Å². The summed E-state index contributed by atoms with van der Waals surface area (Å²) in [4.78, 5) is 3.91. The van der Waals surface area contributed by atoms with Gasteiger partial charge in [0.05, 0.1) is 0 Å². The molecule has 88 valence electrons. The molecular formula is C12H8BrF2NO. The molecule has 1 heterocycles. The van der Waals surface area contributed by atoms with Gasteiger partial charge in [0.25, 0.3) is 0 Å². The third-order valence-electron chi connectivity index (χ3n) is 2.06. The lowest BCUT2D eigenvalue weighted by molar-refractivity contribution is 0.404. The summed E-state index contributed by atoms with van der Waals surface area (Å²) in [5.74, 6) is -1.98. The van der Waals surface area contributed by atoms with Gasteiger partial charge in [-0.2, -0.15) is 4.39 Å². The van der Waals surface area contributed by atoms with Gasteiger partial charge in [-0.25, -0.2) is 9.37 Å². The number of hydrogen-bond acceptors (Lipinski definition) is 2. The second kappa shape index (κ2) is 4.79. The van der Waals surface area contributed by atoms with E-state index < -0.39 is 11.6 Å². The summed E-state index contributed by atoms with van der Waals surface area (Å²) in [5, 5.41) is 0. The van der Waals surface area contributed by atoms with Crippen molar-refractivity contribution in [3.8, 4) is 11.6 Å². The third kappa shape index (κ3) is 2.79. The van der Waals surface area contributed by atoms with E-state index in [9.17, 15) is 8.78 Å². The number of aryl methyl sites for hydroxylation is 1. The predicted octanol–water partition coefficient (Wildman–Crippen LogP) is 4.22. The number of rotatable bonds is 2. The molecule has 0 aliphatic carbocycles. The molecule has 2 nitrogen and oxygen atoms in total. The Morgan fingerprint density at radius 2 is 2.00 bits per heavy atom. The van der Waals surface area contributed by atoms with E-state index in [4.69, 9.17) is 4.74 Å². The summed E-state index contributed by atoms with van der Waals surface area (Å²) < 4.78 is 32.1. The Labute approximate surface area is 105 Å². The van der Waals surface area contributed by atoms with Crippen molar-refractivity contribution < 1.29 is 13.5 Å². The molecule has 0 saturated carbocycles.